The van der Waals surface area contributed by atoms with Crippen LogP contribution in [0.2, 0.25) is 0 Å². The fourth-order valence-electron chi connectivity index (χ4n) is 2.50. The molecule has 0 spiro atoms. The topological polar surface area (TPSA) is 50.9 Å². The summed E-state index contributed by atoms with van der Waals surface area (Å²) in [5.74, 6) is 0.0305. The summed E-state index contributed by atoms with van der Waals surface area (Å²) in [7, 11) is 0. The smallest absolute Gasteiger partial charge is 0.128 e. The highest BCUT2D eigenvalue weighted by molar-refractivity contribution is 5.20. The Balaban J connectivity index is 2.37. The summed E-state index contributed by atoms with van der Waals surface area (Å²) < 4.78 is 15.5. The number of nitrogens with zero attached hydrogens (tertiary/aromatic N) is 3. The predicted molar refractivity (Wildman–Crippen MR) is 74.8 cm³/mol. The van der Waals surface area contributed by atoms with E-state index in [1.165, 1.54) is 6.07 Å². The lowest BCUT2D eigenvalue weighted by atomic mass is 9.97. The highest BCUT2D eigenvalue weighted by Crippen LogP contribution is 2.26. The molecule has 20 heavy (non-hydrogen) atoms. The minimum atomic E-state index is -0.246. The van der Waals surface area contributed by atoms with Gasteiger partial charge >= 0.3 is 0 Å². The number of aliphatic hydroxyl groups excluding tert-OH is 1. The predicted octanol–water partition coefficient (Wildman–Crippen LogP) is 2.86. The second-order valence-electron chi connectivity index (χ2n) is 4.84. The molecule has 0 aliphatic heterocycles. The molecule has 2 aromatic rings. The highest BCUT2D eigenvalue weighted by atomic mass is 19.1. The Bertz CT molecular complexity index is 564. The zero-order valence-corrected chi connectivity index (χ0v) is 11.9. The van der Waals surface area contributed by atoms with E-state index in [1.54, 1.807) is 22.9 Å². The van der Waals surface area contributed by atoms with E-state index in [9.17, 15) is 9.50 Å². The molecule has 0 saturated carbocycles. The summed E-state index contributed by atoms with van der Waals surface area (Å²) in [6, 6.07) is 6.66. The second-order valence-corrected chi connectivity index (χ2v) is 4.84. The van der Waals surface area contributed by atoms with E-state index in [0.717, 1.165) is 18.5 Å². The maximum Gasteiger partial charge on any atom is 0.128 e. The molecule has 0 atom stereocenters. The first kappa shape index (κ1) is 14.7. The molecule has 0 amide bonds. The summed E-state index contributed by atoms with van der Waals surface area (Å²) in [6.07, 6.45) is 1.88. The molecule has 1 heterocycles. The van der Waals surface area contributed by atoms with Gasteiger partial charge in [-0.3, -0.25) is 0 Å². The molecule has 1 N–H and O–H groups in total. The standard InChI is InChI=1S/C15H20FN3O/c1-3-11(4-2)15-14(10-20)17-18-19(15)9-12-7-5-6-8-13(12)16/h5-8,11,20H,3-4,9-10H2,1-2H3. The number of aromatic nitrogens is 3. The molecule has 0 aliphatic carbocycles. The molecule has 5 heteroatoms. The molecule has 108 valence electrons. The summed E-state index contributed by atoms with van der Waals surface area (Å²) in [4.78, 5) is 0. The van der Waals surface area contributed by atoms with E-state index in [4.69, 9.17) is 0 Å². The number of rotatable bonds is 6. The van der Waals surface area contributed by atoms with E-state index in [0.29, 0.717) is 17.8 Å². The van der Waals surface area contributed by atoms with E-state index in [-0.39, 0.29) is 18.3 Å². The lowest BCUT2D eigenvalue weighted by Gasteiger charge is -2.16. The molecule has 0 radical (unpaired) electrons. The third-order valence-electron chi connectivity index (χ3n) is 3.65. The minimum absolute atomic E-state index is 0.136. The number of halogens is 1. The van der Waals surface area contributed by atoms with Crippen LogP contribution < -0.4 is 0 Å². The van der Waals surface area contributed by atoms with Gasteiger partial charge in [-0.1, -0.05) is 37.3 Å². The van der Waals surface area contributed by atoms with Crippen LogP contribution >= 0.6 is 0 Å². The van der Waals surface area contributed by atoms with Crippen molar-refractivity contribution in [2.24, 2.45) is 0 Å². The molecule has 1 aromatic carbocycles. The van der Waals surface area contributed by atoms with Crippen LogP contribution in [0.4, 0.5) is 4.39 Å². The van der Waals surface area contributed by atoms with E-state index >= 15 is 0 Å². The lowest BCUT2D eigenvalue weighted by molar-refractivity contribution is 0.274. The Morgan fingerprint density at radius 3 is 2.55 bits per heavy atom. The normalized spacial score (nSPS) is 11.2. The van der Waals surface area contributed by atoms with Crippen molar-refractivity contribution in [3.05, 3.63) is 47.0 Å². The van der Waals surface area contributed by atoms with Crippen molar-refractivity contribution in [1.29, 1.82) is 0 Å². The van der Waals surface area contributed by atoms with Crippen molar-refractivity contribution in [3.8, 4) is 0 Å². The number of benzene rings is 1. The van der Waals surface area contributed by atoms with Crippen molar-refractivity contribution in [2.75, 3.05) is 0 Å². The van der Waals surface area contributed by atoms with Gasteiger partial charge in [0.05, 0.1) is 18.8 Å². The molecule has 0 unspecified atom stereocenters. The van der Waals surface area contributed by atoms with Gasteiger partial charge in [0, 0.05) is 11.5 Å². The Morgan fingerprint density at radius 2 is 1.95 bits per heavy atom. The first-order valence-electron chi connectivity index (χ1n) is 6.97. The summed E-state index contributed by atoms with van der Waals surface area (Å²) in [6.45, 7) is 4.39. The Morgan fingerprint density at radius 1 is 1.25 bits per heavy atom. The van der Waals surface area contributed by atoms with Crippen LogP contribution in [0, 0.1) is 5.82 Å². The largest absolute Gasteiger partial charge is 0.390 e. The molecule has 0 bridgehead atoms. The minimum Gasteiger partial charge on any atom is -0.390 e. The van der Waals surface area contributed by atoms with E-state index in [2.05, 4.69) is 24.2 Å². The fraction of sp³-hybridized carbons (Fsp3) is 0.467. The summed E-state index contributed by atoms with van der Waals surface area (Å²) in [5, 5.41) is 17.5. The van der Waals surface area contributed by atoms with Gasteiger partial charge in [0.2, 0.25) is 0 Å². The molecule has 1 aromatic heterocycles. The van der Waals surface area contributed by atoms with Gasteiger partial charge in [-0.15, -0.1) is 5.10 Å². The third kappa shape index (κ3) is 2.88. The number of hydrogen-bond acceptors (Lipinski definition) is 3. The molecule has 4 nitrogen and oxygen atoms in total. The van der Waals surface area contributed by atoms with Crippen molar-refractivity contribution >= 4 is 0 Å². The lowest BCUT2D eigenvalue weighted by Crippen LogP contribution is -2.12. The van der Waals surface area contributed by atoms with Crippen LogP contribution in [0.3, 0.4) is 0 Å². The molecule has 2 rings (SSSR count). The van der Waals surface area contributed by atoms with Gasteiger partial charge in [-0.25, -0.2) is 9.07 Å². The molecule has 0 aliphatic rings. The molecular weight excluding hydrogens is 257 g/mol. The Hall–Kier alpha value is -1.75. The van der Waals surface area contributed by atoms with Crippen LogP contribution in [0.5, 0.6) is 0 Å². The quantitative estimate of drug-likeness (QED) is 0.883. The van der Waals surface area contributed by atoms with Crippen molar-refractivity contribution in [3.63, 3.8) is 0 Å². The third-order valence-corrected chi connectivity index (χ3v) is 3.65. The van der Waals surface area contributed by atoms with Crippen LogP contribution in [0.15, 0.2) is 24.3 Å². The SMILES string of the molecule is CCC(CC)c1c(CO)nnn1Cc1ccccc1F. The first-order chi connectivity index (χ1) is 9.71. The highest BCUT2D eigenvalue weighted by Gasteiger charge is 2.20. The molecular formula is C15H20FN3O. The zero-order chi connectivity index (χ0) is 14.5. The van der Waals surface area contributed by atoms with Gasteiger partial charge in [0.25, 0.3) is 0 Å². The monoisotopic (exact) mass is 277 g/mol. The summed E-state index contributed by atoms with van der Waals surface area (Å²) >= 11 is 0. The van der Waals surface area contributed by atoms with Crippen molar-refractivity contribution in [1.82, 2.24) is 15.0 Å². The van der Waals surface area contributed by atoms with Crippen LogP contribution in [0.25, 0.3) is 0 Å². The number of hydrogen-bond donors (Lipinski definition) is 1. The van der Waals surface area contributed by atoms with Gasteiger partial charge in [0.15, 0.2) is 0 Å². The summed E-state index contributed by atoms with van der Waals surface area (Å²) in [5.41, 5.74) is 2.09. The Kier molecular flexibility index (Phi) is 4.84. The molecule has 0 saturated heterocycles. The maximum atomic E-state index is 13.7. The fourth-order valence-corrected chi connectivity index (χ4v) is 2.50. The maximum absolute atomic E-state index is 13.7. The zero-order valence-electron chi connectivity index (χ0n) is 11.9. The van der Waals surface area contributed by atoms with E-state index < -0.39 is 0 Å². The van der Waals surface area contributed by atoms with Crippen LogP contribution in [0.1, 0.15) is 49.6 Å². The van der Waals surface area contributed by atoms with Gasteiger partial charge in [0.1, 0.15) is 11.5 Å². The molecule has 0 fully saturated rings. The Labute approximate surface area is 118 Å². The first-order valence-corrected chi connectivity index (χ1v) is 6.97. The average molecular weight is 277 g/mol. The van der Waals surface area contributed by atoms with Gasteiger partial charge < -0.3 is 5.11 Å². The van der Waals surface area contributed by atoms with Crippen LogP contribution in [-0.4, -0.2) is 20.1 Å². The average Bonchev–Trinajstić information content (AvgIpc) is 2.86. The van der Waals surface area contributed by atoms with Gasteiger partial charge in [-0.2, -0.15) is 0 Å². The van der Waals surface area contributed by atoms with Crippen LogP contribution in [-0.2, 0) is 13.2 Å². The van der Waals surface area contributed by atoms with Crippen molar-refractivity contribution in [2.45, 2.75) is 45.8 Å². The number of aliphatic hydroxyl groups is 1. The van der Waals surface area contributed by atoms with Gasteiger partial charge in [-0.05, 0) is 18.9 Å². The van der Waals surface area contributed by atoms with Crippen molar-refractivity contribution < 1.29 is 9.50 Å². The second kappa shape index (κ2) is 6.61. The van der Waals surface area contributed by atoms with E-state index in [1.807, 2.05) is 0 Å².